The molecule has 0 aliphatic heterocycles. The van der Waals surface area contributed by atoms with E-state index in [1.54, 1.807) is 0 Å². The summed E-state index contributed by atoms with van der Waals surface area (Å²) in [7, 11) is 0. The molecule has 0 unspecified atom stereocenters. The monoisotopic (exact) mass is 369 g/mol. The zero-order valence-corrected chi connectivity index (χ0v) is 15.1. The topological polar surface area (TPSA) is 73.9 Å². The average Bonchev–Trinajstić information content (AvgIpc) is 3.02. The van der Waals surface area contributed by atoms with Crippen LogP contribution in [0.4, 0.5) is 4.79 Å². The Bertz CT molecular complexity index is 731. The molecule has 0 aromatic heterocycles. The van der Waals surface area contributed by atoms with Crippen LogP contribution < -0.4 is 5.32 Å². The molecule has 0 saturated carbocycles. The highest BCUT2D eigenvalue weighted by atomic mass is 16.6. The summed E-state index contributed by atoms with van der Waals surface area (Å²) in [6.07, 6.45) is 0.233. The Balaban J connectivity index is 1.42. The summed E-state index contributed by atoms with van der Waals surface area (Å²) in [5, 5.41) is 2.67. The van der Waals surface area contributed by atoms with Crippen LogP contribution in [0.5, 0.6) is 0 Å². The largest absolute Gasteiger partial charge is 0.449 e. The van der Waals surface area contributed by atoms with E-state index >= 15 is 0 Å². The third-order valence-corrected chi connectivity index (χ3v) is 4.42. The van der Waals surface area contributed by atoms with Gasteiger partial charge in [0, 0.05) is 12.5 Å². The minimum atomic E-state index is -0.460. The van der Waals surface area contributed by atoms with Crippen LogP contribution in [0.25, 0.3) is 11.1 Å². The number of ether oxygens (including phenoxy) is 3. The molecule has 0 heterocycles. The molecule has 0 bridgehead atoms. The van der Waals surface area contributed by atoms with Crippen LogP contribution in [0.15, 0.2) is 48.5 Å². The van der Waals surface area contributed by atoms with Crippen LogP contribution in [0.1, 0.15) is 17.0 Å². The van der Waals surface area contributed by atoms with Gasteiger partial charge in [-0.1, -0.05) is 48.5 Å². The second kappa shape index (κ2) is 9.85. The molecule has 2 aromatic rings. The highest BCUT2D eigenvalue weighted by Gasteiger charge is 2.28. The summed E-state index contributed by atoms with van der Waals surface area (Å²) in [5.74, 6) is 0.0503. The first kappa shape index (κ1) is 19.1. The lowest BCUT2D eigenvalue weighted by Crippen LogP contribution is -2.29. The molecule has 142 valence electrons. The van der Waals surface area contributed by atoms with E-state index in [2.05, 4.69) is 29.6 Å². The number of hydrogen-bond acceptors (Lipinski definition) is 5. The van der Waals surface area contributed by atoms with Crippen molar-refractivity contribution in [3.63, 3.8) is 0 Å². The number of nitrogens with one attached hydrogen (secondary N) is 1. The van der Waals surface area contributed by atoms with Crippen LogP contribution in [0.3, 0.4) is 0 Å². The lowest BCUT2D eigenvalue weighted by molar-refractivity contribution is -0.112. The molecule has 1 amide bonds. The molecule has 0 radical (unpaired) electrons. The molecule has 0 spiro atoms. The van der Waals surface area contributed by atoms with Gasteiger partial charge in [0.15, 0.2) is 0 Å². The summed E-state index contributed by atoms with van der Waals surface area (Å²) < 4.78 is 15.7. The summed E-state index contributed by atoms with van der Waals surface area (Å²) in [6.45, 7) is 1.80. The number of carbonyl (C=O) groups excluding carboxylic acids is 2. The minimum absolute atomic E-state index is 0.0503. The zero-order valence-electron chi connectivity index (χ0n) is 15.1. The van der Waals surface area contributed by atoms with Crippen LogP contribution in [-0.2, 0) is 19.0 Å². The first-order valence-corrected chi connectivity index (χ1v) is 8.99. The van der Waals surface area contributed by atoms with Gasteiger partial charge in [0.2, 0.25) is 0 Å². The second-order valence-corrected chi connectivity index (χ2v) is 6.11. The van der Waals surface area contributed by atoms with Gasteiger partial charge < -0.3 is 24.3 Å². The quantitative estimate of drug-likeness (QED) is 0.515. The third kappa shape index (κ3) is 4.93. The van der Waals surface area contributed by atoms with Crippen LogP contribution in [-0.4, -0.2) is 52.0 Å². The summed E-state index contributed by atoms with van der Waals surface area (Å²) in [6, 6.07) is 16.4. The Morgan fingerprint density at radius 1 is 0.926 bits per heavy atom. The maximum atomic E-state index is 11.9. The molecule has 0 atom stereocenters. The van der Waals surface area contributed by atoms with Crippen molar-refractivity contribution >= 4 is 12.4 Å². The normalized spacial score (nSPS) is 12.3. The van der Waals surface area contributed by atoms with Crippen molar-refractivity contribution in [3.8, 4) is 11.1 Å². The Morgan fingerprint density at radius 2 is 1.56 bits per heavy atom. The van der Waals surface area contributed by atoms with E-state index in [4.69, 9.17) is 14.2 Å². The molecule has 27 heavy (non-hydrogen) atoms. The van der Waals surface area contributed by atoms with Gasteiger partial charge >= 0.3 is 6.09 Å². The van der Waals surface area contributed by atoms with Crippen molar-refractivity contribution < 1.29 is 23.8 Å². The molecule has 0 saturated heterocycles. The van der Waals surface area contributed by atoms with Gasteiger partial charge in [0.25, 0.3) is 0 Å². The second-order valence-electron chi connectivity index (χ2n) is 6.11. The van der Waals surface area contributed by atoms with Gasteiger partial charge in [0.1, 0.15) is 19.5 Å². The number of amides is 1. The van der Waals surface area contributed by atoms with Crippen molar-refractivity contribution in [3.05, 3.63) is 59.7 Å². The molecule has 3 rings (SSSR count). The van der Waals surface area contributed by atoms with Crippen LogP contribution >= 0.6 is 0 Å². The maximum absolute atomic E-state index is 11.9. The molecule has 6 nitrogen and oxygen atoms in total. The number of benzene rings is 2. The third-order valence-electron chi connectivity index (χ3n) is 4.42. The van der Waals surface area contributed by atoms with E-state index in [1.165, 1.54) is 22.3 Å². The number of hydrogen-bond donors (Lipinski definition) is 1. The fourth-order valence-electron chi connectivity index (χ4n) is 3.23. The van der Waals surface area contributed by atoms with E-state index in [9.17, 15) is 9.59 Å². The number of aldehydes is 1. The fourth-order valence-corrected chi connectivity index (χ4v) is 3.23. The van der Waals surface area contributed by atoms with Crippen molar-refractivity contribution in [2.24, 2.45) is 0 Å². The number of fused-ring (bicyclic) bond motifs is 3. The Hall–Kier alpha value is -2.70. The van der Waals surface area contributed by atoms with E-state index in [0.717, 1.165) is 0 Å². The van der Waals surface area contributed by atoms with Crippen molar-refractivity contribution in [2.75, 3.05) is 39.6 Å². The predicted octanol–water partition coefficient (Wildman–Crippen LogP) is 2.76. The maximum Gasteiger partial charge on any atom is 0.407 e. The van der Waals surface area contributed by atoms with Crippen LogP contribution in [0.2, 0.25) is 0 Å². The molecule has 0 fully saturated rings. The van der Waals surface area contributed by atoms with Gasteiger partial charge in [-0.2, -0.15) is 0 Å². The first-order valence-electron chi connectivity index (χ1n) is 8.99. The van der Waals surface area contributed by atoms with Crippen molar-refractivity contribution in [1.29, 1.82) is 0 Å². The highest BCUT2D eigenvalue weighted by molar-refractivity contribution is 5.79. The van der Waals surface area contributed by atoms with Gasteiger partial charge in [-0.05, 0) is 22.3 Å². The van der Waals surface area contributed by atoms with Gasteiger partial charge in [-0.3, -0.25) is 0 Å². The predicted molar refractivity (Wildman–Crippen MR) is 101 cm³/mol. The van der Waals surface area contributed by atoms with Gasteiger partial charge in [-0.25, -0.2) is 4.79 Å². The lowest BCUT2D eigenvalue weighted by atomic mass is 9.98. The minimum Gasteiger partial charge on any atom is -0.449 e. The standard InChI is InChI=1S/C21H23NO5/c23-10-12-26-14-13-25-11-9-22-21(24)27-15-20-18-7-3-1-5-16(18)17-6-2-4-8-19(17)20/h1-8,10,20H,9,11-15H2,(H,22,24). The smallest absolute Gasteiger partial charge is 0.407 e. The molecule has 6 heteroatoms. The summed E-state index contributed by atoms with van der Waals surface area (Å²) in [5.41, 5.74) is 4.77. The molecular formula is C21H23NO5. The summed E-state index contributed by atoms with van der Waals surface area (Å²) in [4.78, 5) is 22.0. The molecule has 1 N–H and O–H groups in total. The molecule has 1 aliphatic rings. The first-order chi connectivity index (χ1) is 13.3. The summed E-state index contributed by atoms with van der Waals surface area (Å²) >= 11 is 0. The highest BCUT2D eigenvalue weighted by Crippen LogP contribution is 2.44. The number of rotatable bonds is 10. The Labute approximate surface area is 158 Å². The average molecular weight is 369 g/mol. The molecular weight excluding hydrogens is 346 g/mol. The van der Waals surface area contributed by atoms with Crippen molar-refractivity contribution in [2.45, 2.75) is 5.92 Å². The molecule has 1 aliphatic carbocycles. The molecule has 2 aromatic carbocycles. The van der Waals surface area contributed by atoms with Crippen molar-refractivity contribution in [1.82, 2.24) is 5.32 Å². The Kier molecular flexibility index (Phi) is 6.96. The van der Waals surface area contributed by atoms with Gasteiger partial charge in [0.05, 0.1) is 19.8 Å². The number of carbonyl (C=O) groups is 2. The lowest BCUT2D eigenvalue weighted by Gasteiger charge is -2.14. The van der Waals surface area contributed by atoms with E-state index in [0.29, 0.717) is 39.3 Å². The fraction of sp³-hybridized carbons (Fsp3) is 0.333. The van der Waals surface area contributed by atoms with Crippen LogP contribution in [0, 0.1) is 0 Å². The zero-order chi connectivity index (χ0) is 18.9. The van der Waals surface area contributed by atoms with E-state index < -0.39 is 6.09 Å². The van der Waals surface area contributed by atoms with E-state index in [1.807, 2.05) is 24.3 Å². The Morgan fingerprint density at radius 3 is 2.22 bits per heavy atom. The number of alkyl carbamates (subject to hydrolysis) is 1. The SMILES string of the molecule is O=CCOCCOCCNC(=O)OCC1c2ccccc2-c2ccccc21. The van der Waals surface area contributed by atoms with Gasteiger partial charge in [-0.15, -0.1) is 0 Å². The van der Waals surface area contributed by atoms with E-state index in [-0.39, 0.29) is 12.5 Å².